The molecule has 0 bridgehead atoms. The van der Waals surface area contributed by atoms with E-state index in [2.05, 4.69) is 15.1 Å². The molecule has 1 aliphatic heterocycles. The number of benzene rings is 1. The summed E-state index contributed by atoms with van der Waals surface area (Å²) < 4.78 is 10.7. The largest absolute Gasteiger partial charge is 0.495 e. The zero-order valence-corrected chi connectivity index (χ0v) is 14.6. The molecule has 24 heavy (non-hydrogen) atoms. The number of carbonyl (C=O) groups excluding carboxylic acids is 1. The zero-order chi connectivity index (χ0) is 16.9. The average molecular weight is 348 g/mol. The standard InChI is InChI=1S/C16H20N4O3S/c1-12-17-18-16(23-12)24-11-15(21)20-9-7-19(8-10-20)13-5-3-4-6-14(13)22-2/h3-6H,7-11H2,1-2H3. The summed E-state index contributed by atoms with van der Waals surface area (Å²) >= 11 is 1.28. The fraction of sp³-hybridized carbons (Fsp3) is 0.438. The van der Waals surface area contributed by atoms with E-state index in [0.29, 0.717) is 30.0 Å². The number of ether oxygens (including phenoxy) is 1. The Hall–Kier alpha value is -2.22. The Morgan fingerprint density at radius 1 is 1.25 bits per heavy atom. The van der Waals surface area contributed by atoms with Gasteiger partial charge in [-0.2, -0.15) is 0 Å². The summed E-state index contributed by atoms with van der Waals surface area (Å²) in [5.41, 5.74) is 1.07. The third kappa shape index (κ3) is 3.81. The maximum absolute atomic E-state index is 12.3. The van der Waals surface area contributed by atoms with Crippen molar-refractivity contribution in [3.63, 3.8) is 0 Å². The number of nitrogens with zero attached hydrogens (tertiary/aromatic N) is 4. The second-order valence-electron chi connectivity index (χ2n) is 5.42. The minimum absolute atomic E-state index is 0.0931. The van der Waals surface area contributed by atoms with E-state index in [9.17, 15) is 4.79 Å². The highest BCUT2D eigenvalue weighted by atomic mass is 32.2. The van der Waals surface area contributed by atoms with Gasteiger partial charge >= 0.3 is 0 Å². The lowest BCUT2D eigenvalue weighted by molar-refractivity contribution is -0.128. The first kappa shape index (κ1) is 16.6. The quantitative estimate of drug-likeness (QED) is 0.763. The van der Waals surface area contributed by atoms with E-state index in [1.54, 1.807) is 14.0 Å². The normalized spacial score (nSPS) is 14.8. The van der Waals surface area contributed by atoms with Crippen LogP contribution >= 0.6 is 11.8 Å². The Labute approximate surface area is 145 Å². The lowest BCUT2D eigenvalue weighted by Gasteiger charge is -2.36. The molecular formula is C16H20N4O3S. The second kappa shape index (κ2) is 7.57. The van der Waals surface area contributed by atoms with Crippen molar-refractivity contribution in [2.45, 2.75) is 12.1 Å². The first-order chi connectivity index (χ1) is 11.7. The number of aromatic nitrogens is 2. The van der Waals surface area contributed by atoms with Crippen molar-refractivity contribution in [2.75, 3.05) is 43.9 Å². The molecule has 0 spiro atoms. The van der Waals surface area contributed by atoms with Crippen molar-refractivity contribution in [2.24, 2.45) is 0 Å². The summed E-state index contributed by atoms with van der Waals surface area (Å²) in [6.45, 7) is 4.70. The minimum Gasteiger partial charge on any atom is -0.495 e. The predicted octanol–water partition coefficient (Wildman–Crippen LogP) is 1.83. The molecule has 128 valence electrons. The predicted molar refractivity (Wildman–Crippen MR) is 91.5 cm³/mol. The molecule has 1 aromatic carbocycles. The molecule has 1 saturated heterocycles. The fourth-order valence-electron chi connectivity index (χ4n) is 2.64. The summed E-state index contributed by atoms with van der Waals surface area (Å²) in [6.07, 6.45) is 0. The van der Waals surface area contributed by atoms with Crippen LogP contribution in [-0.2, 0) is 4.79 Å². The molecule has 1 aromatic heterocycles. The maximum atomic E-state index is 12.3. The van der Waals surface area contributed by atoms with Crippen LogP contribution in [0.5, 0.6) is 5.75 Å². The molecule has 3 rings (SSSR count). The number of methoxy groups -OCH3 is 1. The summed E-state index contributed by atoms with van der Waals surface area (Å²) in [5.74, 6) is 1.78. The molecule has 2 aromatic rings. The van der Waals surface area contributed by atoms with E-state index < -0.39 is 0 Å². The topological polar surface area (TPSA) is 71.7 Å². The monoisotopic (exact) mass is 348 g/mol. The highest BCUT2D eigenvalue weighted by Crippen LogP contribution is 2.28. The molecule has 0 N–H and O–H groups in total. The SMILES string of the molecule is COc1ccccc1N1CCN(C(=O)CSc2nnc(C)o2)CC1. The van der Waals surface area contributed by atoms with Crippen molar-refractivity contribution in [1.82, 2.24) is 15.1 Å². The van der Waals surface area contributed by atoms with Gasteiger partial charge in [0.05, 0.1) is 18.6 Å². The van der Waals surface area contributed by atoms with E-state index >= 15 is 0 Å². The lowest BCUT2D eigenvalue weighted by atomic mass is 10.2. The van der Waals surface area contributed by atoms with Crippen LogP contribution in [0.25, 0.3) is 0 Å². The van der Waals surface area contributed by atoms with Crippen molar-refractivity contribution >= 4 is 23.4 Å². The highest BCUT2D eigenvalue weighted by Gasteiger charge is 2.23. The summed E-state index contributed by atoms with van der Waals surface area (Å²) in [7, 11) is 1.68. The van der Waals surface area contributed by atoms with Gasteiger partial charge in [0.1, 0.15) is 5.75 Å². The molecule has 2 heterocycles. The third-order valence-electron chi connectivity index (χ3n) is 3.88. The number of hydrogen-bond donors (Lipinski definition) is 0. The Morgan fingerprint density at radius 3 is 2.67 bits per heavy atom. The molecule has 0 saturated carbocycles. The van der Waals surface area contributed by atoms with Gasteiger partial charge in [0.2, 0.25) is 11.8 Å². The number of piperazine rings is 1. The lowest BCUT2D eigenvalue weighted by Crippen LogP contribution is -2.49. The van der Waals surface area contributed by atoms with Gasteiger partial charge in [0, 0.05) is 33.1 Å². The van der Waals surface area contributed by atoms with Crippen LogP contribution in [-0.4, -0.2) is 60.0 Å². The number of aryl methyl sites for hydroxylation is 1. The molecule has 8 heteroatoms. The molecule has 1 amide bonds. The van der Waals surface area contributed by atoms with Crippen LogP contribution in [0.4, 0.5) is 5.69 Å². The molecule has 0 atom stereocenters. The van der Waals surface area contributed by atoms with E-state index in [1.807, 2.05) is 29.2 Å². The third-order valence-corrected chi connectivity index (χ3v) is 4.69. The van der Waals surface area contributed by atoms with E-state index in [4.69, 9.17) is 9.15 Å². The van der Waals surface area contributed by atoms with Gasteiger partial charge in [-0.05, 0) is 12.1 Å². The van der Waals surface area contributed by atoms with Crippen molar-refractivity contribution < 1.29 is 13.9 Å². The van der Waals surface area contributed by atoms with Crippen molar-refractivity contribution in [3.8, 4) is 5.75 Å². The van der Waals surface area contributed by atoms with Gasteiger partial charge in [0.15, 0.2) is 0 Å². The average Bonchev–Trinajstić information content (AvgIpc) is 3.05. The maximum Gasteiger partial charge on any atom is 0.277 e. The Bertz CT molecular complexity index is 698. The number of rotatable bonds is 5. The van der Waals surface area contributed by atoms with Gasteiger partial charge in [-0.15, -0.1) is 10.2 Å². The molecule has 1 fully saturated rings. The molecule has 7 nitrogen and oxygen atoms in total. The van der Waals surface area contributed by atoms with E-state index in [0.717, 1.165) is 24.5 Å². The van der Waals surface area contributed by atoms with Crippen LogP contribution in [0.2, 0.25) is 0 Å². The van der Waals surface area contributed by atoms with Crippen LogP contribution in [0.1, 0.15) is 5.89 Å². The zero-order valence-electron chi connectivity index (χ0n) is 13.8. The first-order valence-electron chi connectivity index (χ1n) is 7.76. The molecule has 0 radical (unpaired) electrons. The Morgan fingerprint density at radius 2 is 2.00 bits per heavy atom. The number of anilines is 1. The van der Waals surface area contributed by atoms with Crippen LogP contribution in [0.15, 0.2) is 33.9 Å². The fourth-order valence-corrected chi connectivity index (χ4v) is 3.35. The first-order valence-corrected chi connectivity index (χ1v) is 8.74. The van der Waals surface area contributed by atoms with E-state index in [-0.39, 0.29) is 5.91 Å². The Balaban J connectivity index is 1.52. The van der Waals surface area contributed by atoms with Gasteiger partial charge < -0.3 is 19.0 Å². The van der Waals surface area contributed by atoms with Gasteiger partial charge in [-0.25, -0.2) is 0 Å². The van der Waals surface area contributed by atoms with Crippen LogP contribution in [0, 0.1) is 6.92 Å². The van der Waals surface area contributed by atoms with Crippen LogP contribution in [0.3, 0.4) is 0 Å². The van der Waals surface area contributed by atoms with Gasteiger partial charge in [-0.1, -0.05) is 23.9 Å². The Kier molecular flexibility index (Phi) is 5.24. The van der Waals surface area contributed by atoms with Crippen molar-refractivity contribution in [1.29, 1.82) is 0 Å². The van der Waals surface area contributed by atoms with Gasteiger partial charge in [0.25, 0.3) is 5.22 Å². The molecule has 1 aliphatic rings. The summed E-state index contributed by atoms with van der Waals surface area (Å²) in [5, 5.41) is 8.08. The summed E-state index contributed by atoms with van der Waals surface area (Å²) in [6, 6.07) is 7.96. The minimum atomic E-state index is 0.0931. The number of hydrogen-bond acceptors (Lipinski definition) is 7. The number of para-hydroxylation sites is 2. The van der Waals surface area contributed by atoms with Crippen molar-refractivity contribution in [3.05, 3.63) is 30.2 Å². The molecule has 0 unspecified atom stereocenters. The summed E-state index contributed by atoms with van der Waals surface area (Å²) in [4.78, 5) is 16.4. The number of amides is 1. The van der Waals surface area contributed by atoms with E-state index in [1.165, 1.54) is 11.8 Å². The van der Waals surface area contributed by atoms with Crippen LogP contribution < -0.4 is 9.64 Å². The highest BCUT2D eigenvalue weighted by molar-refractivity contribution is 7.99. The number of carbonyl (C=O) groups is 1. The smallest absolute Gasteiger partial charge is 0.277 e. The molecule has 0 aliphatic carbocycles. The second-order valence-corrected chi connectivity index (χ2v) is 6.34. The number of thioether (sulfide) groups is 1. The molecular weight excluding hydrogens is 328 g/mol. The van der Waals surface area contributed by atoms with Gasteiger partial charge in [-0.3, -0.25) is 4.79 Å².